The van der Waals surface area contributed by atoms with Crippen molar-refractivity contribution in [3.05, 3.63) is 11.5 Å². The first-order valence-corrected chi connectivity index (χ1v) is 4.16. The Labute approximate surface area is 61.2 Å². The lowest BCUT2D eigenvalue weighted by atomic mass is 10.4. The van der Waals surface area contributed by atoms with E-state index in [4.69, 9.17) is 5.11 Å². The molecule has 0 radical (unpaired) electrons. The number of aliphatic hydroxyl groups is 1. The largest absolute Gasteiger partial charge is 0.392 e. The fraction of sp³-hybridized carbons (Fsp3) is 0.714. The first-order valence-electron chi connectivity index (χ1n) is 3.22. The third-order valence-corrected chi connectivity index (χ3v) is 2.23. The molecule has 0 amide bonds. The van der Waals surface area contributed by atoms with Gasteiger partial charge in [-0.3, -0.25) is 0 Å². The zero-order valence-electron chi connectivity index (χ0n) is 6.00. The summed E-state index contributed by atoms with van der Waals surface area (Å²) < 4.78 is 0. The molecule has 0 aliphatic heterocycles. The summed E-state index contributed by atoms with van der Waals surface area (Å²) in [5.74, 6) is 0. The first-order chi connectivity index (χ1) is 4.31. The van der Waals surface area contributed by atoms with Crippen LogP contribution in [0.25, 0.3) is 0 Å². The summed E-state index contributed by atoms with van der Waals surface area (Å²) in [6, 6.07) is 0. The average Bonchev–Trinajstić information content (AvgIpc) is 1.89. The van der Waals surface area contributed by atoms with Crippen molar-refractivity contribution in [3.63, 3.8) is 0 Å². The van der Waals surface area contributed by atoms with Crippen LogP contribution in [0.1, 0.15) is 20.3 Å². The second-order valence-electron chi connectivity index (χ2n) is 1.91. The lowest BCUT2D eigenvalue weighted by Gasteiger charge is -2.00. The molecule has 2 heteroatoms. The zero-order chi connectivity index (χ0) is 7.11. The predicted octanol–water partition coefficient (Wildman–Crippen LogP) is 2.02. The molecule has 0 aliphatic rings. The molecule has 1 N–H and O–H groups in total. The molecule has 0 fully saturated rings. The molecule has 1 nitrogen and oxygen atoms in total. The van der Waals surface area contributed by atoms with Gasteiger partial charge in [-0.1, -0.05) is 19.9 Å². The molecular formula is C7H14OS. The highest BCUT2D eigenvalue weighted by Gasteiger charge is 1.92. The van der Waals surface area contributed by atoms with Gasteiger partial charge in [0.1, 0.15) is 0 Å². The van der Waals surface area contributed by atoms with Crippen LogP contribution >= 0.6 is 11.8 Å². The Balaban J connectivity index is 3.15. The summed E-state index contributed by atoms with van der Waals surface area (Å²) >= 11 is 1.76. The molecule has 0 aliphatic carbocycles. The molecule has 0 aromatic rings. The molecule has 0 bridgehead atoms. The van der Waals surface area contributed by atoms with Gasteiger partial charge in [0.05, 0.1) is 6.61 Å². The van der Waals surface area contributed by atoms with Gasteiger partial charge in [0.25, 0.3) is 0 Å². The number of rotatable bonds is 4. The minimum absolute atomic E-state index is 0.156. The fourth-order valence-electron chi connectivity index (χ4n) is 0.329. The molecule has 0 saturated heterocycles. The minimum Gasteiger partial charge on any atom is -0.392 e. The highest BCUT2D eigenvalue weighted by Crippen LogP contribution is 2.13. The van der Waals surface area contributed by atoms with Crippen LogP contribution < -0.4 is 0 Å². The van der Waals surface area contributed by atoms with E-state index in [9.17, 15) is 0 Å². The van der Waals surface area contributed by atoms with Crippen molar-refractivity contribution in [1.29, 1.82) is 0 Å². The van der Waals surface area contributed by atoms with E-state index in [1.807, 2.05) is 5.41 Å². The van der Waals surface area contributed by atoms with Crippen LogP contribution in [-0.4, -0.2) is 17.0 Å². The van der Waals surface area contributed by atoms with Gasteiger partial charge >= 0.3 is 0 Å². The molecular weight excluding hydrogens is 132 g/mol. The van der Waals surface area contributed by atoms with Gasteiger partial charge in [-0.2, -0.15) is 0 Å². The normalized spacial score (nSPS) is 14.6. The van der Waals surface area contributed by atoms with Crippen LogP contribution in [0.5, 0.6) is 0 Å². The van der Waals surface area contributed by atoms with Crippen molar-refractivity contribution in [1.82, 2.24) is 0 Å². The Bertz CT molecular complexity index is 81.0. The maximum absolute atomic E-state index is 8.35. The average molecular weight is 146 g/mol. The molecule has 0 spiro atoms. The fourth-order valence-corrected chi connectivity index (χ4v) is 0.987. The lowest BCUT2D eigenvalue weighted by molar-refractivity contribution is 0.343. The van der Waals surface area contributed by atoms with Crippen molar-refractivity contribution in [2.75, 3.05) is 6.61 Å². The highest BCUT2D eigenvalue weighted by molar-refractivity contribution is 8.02. The van der Waals surface area contributed by atoms with Crippen LogP contribution in [-0.2, 0) is 0 Å². The van der Waals surface area contributed by atoms with Crippen LogP contribution in [0.3, 0.4) is 0 Å². The van der Waals surface area contributed by atoms with Crippen molar-refractivity contribution >= 4 is 11.8 Å². The van der Waals surface area contributed by atoms with Gasteiger partial charge in [0.15, 0.2) is 0 Å². The van der Waals surface area contributed by atoms with Gasteiger partial charge in [-0.05, 0) is 11.8 Å². The number of hydrogen-bond donors (Lipinski definition) is 1. The van der Waals surface area contributed by atoms with E-state index in [2.05, 4.69) is 13.8 Å². The van der Waals surface area contributed by atoms with E-state index in [1.54, 1.807) is 17.8 Å². The molecule has 54 valence electrons. The summed E-state index contributed by atoms with van der Waals surface area (Å²) in [7, 11) is 0. The van der Waals surface area contributed by atoms with Crippen LogP contribution in [0.15, 0.2) is 11.5 Å². The Morgan fingerprint density at radius 2 is 2.33 bits per heavy atom. The highest BCUT2D eigenvalue weighted by atomic mass is 32.2. The Hall–Kier alpha value is 0.0500. The standard InChI is InChI=1S/C7H14OS/c1-3-7(2)9-6-4-5-8/h4,6-8H,3,5H2,1-2H3/b6-4+. The van der Waals surface area contributed by atoms with Gasteiger partial charge < -0.3 is 5.11 Å². The maximum Gasteiger partial charge on any atom is 0.0620 e. The molecule has 0 rings (SSSR count). The van der Waals surface area contributed by atoms with Crippen molar-refractivity contribution < 1.29 is 5.11 Å². The molecule has 1 unspecified atom stereocenters. The molecule has 1 atom stereocenters. The van der Waals surface area contributed by atoms with Crippen molar-refractivity contribution in [2.45, 2.75) is 25.5 Å². The maximum atomic E-state index is 8.35. The summed E-state index contributed by atoms with van der Waals surface area (Å²) in [4.78, 5) is 0. The molecule has 0 heterocycles. The Morgan fingerprint density at radius 1 is 1.67 bits per heavy atom. The second-order valence-corrected chi connectivity index (χ2v) is 3.26. The summed E-state index contributed by atoms with van der Waals surface area (Å²) in [5.41, 5.74) is 0. The molecule has 0 aromatic carbocycles. The van der Waals surface area contributed by atoms with Crippen LogP contribution in [0, 0.1) is 0 Å². The lowest BCUT2D eigenvalue weighted by Crippen LogP contribution is -1.88. The van der Waals surface area contributed by atoms with E-state index in [0.717, 1.165) is 0 Å². The Morgan fingerprint density at radius 3 is 2.78 bits per heavy atom. The van der Waals surface area contributed by atoms with Gasteiger partial charge in [-0.15, -0.1) is 11.8 Å². The third kappa shape index (κ3) is 5.93. The monoisotopic (exact) mass is 146 g/mol. The summed E-state index contributed by atoms with van der Waals surface area (Å²) in [5, 5.41) is 11.0. The third-order valence-electron chi connectivity index (χ3n) is 1.09. The van der Waals surface area contributed by atoms with E-state index in [0.29, 0.717) is 5.25 Å². The van der Waals surface area contributed by atoms with Crippen LogP contribution in [0.4, 0.5) is 0 Å². The van der Waals surface area contributed by atoms with Gasteiger partial charge in [0, 0.05) is 5.25 Å². The predicted molar refractivity (Wildman–Crippen MR) is 43.6 cm³/mol. The van der Waals surface area contributed by atoms with E-state index in [1.165, 1.54) is 6.42 Å². The number of thioether (sulfide) groups is 1. The number of aliphatic hydroxyl groups excluding tert-OH is 1. The molecule has 0 aromatic heterocycles. The van der Waals surface area contributed by atoms with Crippen molar-refractivity contribution in [2.24, 2.45) is 0 Å². The quantitative estimate of drug-likeness (QED) is 0.655. The van der Waals surface area contributed by atoms with Crippen LogP contribution in [0.2, 0.25) is 0 Å². The topological polar surface area (TPSA) is 20.2 Å². The minimum atomic E-state index is 0.156. The van der Waals surface area contributed by atoms with E-state index in [-0.39, 0.29) is 6.61 Å². The Kier molecular flexibility index (Phi) is 6.21. The van der Waals surface area contributed by atoms with E-state index < -0.39 is 0 Å². The van der Waals surface area contributed by atoms with Gasteiger partial charge in [-0.25, -0.2) is 0 Å². The first kappa shape index (κ1) is 9.05. The van der Waals surface area contributed by atoms with Crippen molar-refractivity contribution in [3.8, 4) is 0 Å². The number of hydrogen-bond acceptors (Lipinski definition) is 2. The summed E-state index contributed by atoms with van der Waals surface area (Å²) in [6.45, 7) is 4.49. The summed E-state index contributed by atoms with van der Waals surface area (Å²) in [6.07, 6.45) is 2.94. The SMILES string of the molecule is CCC(C)S/C=C/CO. The molecule has 9 heavy (non-hydrogen) atoms. The second kappa shape index (κ2) is 6.17. The smallest absolute Gasteiger partial charge is 0.0620 e. The van der Waals surface area contributed by atoms with E-state index >= 15 is 0 Å². The van der Waals surface area contributed by atoms with Gasteiger partial charge in [0.2, 0.25) is 0 Å². The molecule has 0 saturated carbocycles. The zero-order valence-corrected chi connectivity index (χ0v) is 6.82.